The number of esters is 1. The molecule has 26 heavy (non-hydrogen) atoms. The van der Waals surface area contributed by atoms with Gasteiger partial charge < -0.3 is 14.8 Å². The number of methoxy groups -OCH3 is 2. The van der Waals surface area contributed by atoms with Gasteiger partial charge in [-0.25, -0.2) is 0 Å². The van der Waals surface area contributed by atoms with Gasteiger partial charge in [-0.05, 0) is 35.6 Å². The number of carbonyl (C=O) groups excluding carboxylic acids is 2. The Morgan fingerprint density at radius 2 is 2.00 bits per heavy atom. The third-order valence-electron chi connectivity index (χ3n) is 4.50. The average Bonchev–Trinajstić information content (AvgIpc) is 3.32. The second kappa shape index (κ2) is 8.33. The average molecular weight is 374 g/mol. The Morgan fingerprint density at radius 3 is 2.62 bits per heavy atom. The number of amides is 1. The molecule has 1 amide bonds. The molecule has 1 aromatic heterocycles. The van der Waals surface area contributed by atoms with Gasteiger partial charge in [-0.3, -0.25) is 14.5 Å². The highest BCUT2D eigenvalue weighted by atomic mass is 32.1. The number of hydrogen-bond acceptors (Lipinski definition) is 6. The van der Waals surface area contributed by atoms with Crippen molar-refractivity contribution in [1.29, 1.82) is 0 Å². The van der Waals surface area contributed by atoms with E-state index in [1.54, 1.807) is 13.2 Å². The fourth-order valence-corrected chi connectivity index (χ4v) is 3.82. The molecule has 1 saturated heterocycles. The summed E-state index contributed by atoms with van der Waals surface area (Å²) in [7, 11) is 3.02. The van der Waals surface area contributed by atoms with Crippen molar-refractivity contribution >= 4 is 23.2 Å². The monoisotopic (exact) mass is 374 g/mol. The summed E-state index contributed by atoms with van der Waals surface area (Å²) in [6.07, 6.45) is 0.542. The van der Waals surface area contributed by atoms with Crippen LogP contribution in [0.4, 0.5) is 0 Å². The van der Waals surface area contributed by atoms with Crippen molar-refractivity contribution in [3.05, 3.63) is 52.2 Å². The van der Waals surface area contributed by atoms with Crippen LogP contribution in [-0.4, -0.2) is 49.6 Å². The largest absolute Gasteiger partial charge is 0.497 e. The molecule has 0 radical (unpaired) electrons. The first-order valence-corrected chi connectivity index (χ1v) is 9.28. The number of ether oxygens (including phenoxy) is 2. The zero-order chi connectivity index (χ0) is 18.5. The van der Waals surface area contributed by atoms with Crippen LogP contribution in [0.1, 0.15) is 21.7 Å². The lowest BCUT2D eigenvalue weighted by Crippen LogP contribution is -2.37. The smallest absolute Gasteiger partial charge is 0.323 e. The molecule has 1 aliphatic rings. The summed E-state index contributed by atoms with van der Waals surface area (Å²) in [6, 6.07) is 10.9. The third-order valence-corrected chi connectivity index (χ3v) is 5.37. The molecule has 0 spiro atoms. The number of nitrogens with zero attached hydrogens (tertiary/aromatic N) is 1. The van der Waals surface area contributed by atoms with Gasteiger partial charge in [0.2, 0.25) is 0 Å². The Labute approximate surface area is 156 Å². The van der Waals surface area contributed by atoms with Gasteiger partial charge in [-0.2, -0.15) is 0 Å². The molecule has 0 unspecified atom stereocenters. The van der Waals surface area contributed by atoms with Crippen LogP contribution in [0.5, 0.6) is 5.75 Å². The van der Waals surface area contributed by atoms with E-state index in [0.29, 0.717) is 24.4 Å². The SMILES string of the molecule is COC(=O)[C@@H]1C[C@@H](NC(=O)c2cccs2)CN1Cc1ccc(OC)cc1. The third kappa shape index (κ3) is 4.23. The van der Waals surface area contributed by atoms with E-state index in [2.05, 4.69) is 5.32 Å². The zero-order valence-corrected chi connectivity index (χ0v) is 15.6. The van der Waals surface area contributed by atoms with Crippen molar-refractivity contribution in [2.75, 3.05) is 20.8 Å². The van der Waals surface area contributed by atoms with Gasteiger partial charge in [0.25, 0.3) is 5.91 Å². The van der Waals surface area contributed by atoms with Crippen LogP contribution in [0.25, 0.3) is 0 Å². The summed E-state index contributed by atoms with van der Waals surface area (Å²) >= 11 is 1.40. The number of likely N-dealkylation sites (tertiary alicyclic amines) is 1. The molecule has 138 valence electrons. The predicted octanol–water partition coefficient (Wildman–Crippen LogP) is 2.30. The first-order valence-electron chi connectivity index (χ1n) is 8.40. The van der Waals surface area contributed by atoms with E-state index in [1.165, 1.54) is 18.4 Å². The van der Waals surface area contributed by atoms with Gasteiger partial charge in [-0.1, -0.05) is 18.2 Å². The van der Waals surface area contributed by atoms with Crippen LogP contribution < -0.4 is 10.1 Å². The van der Waals surface area contributed by atoms with E-state index in [-0.39, 0.29) is 24.0 Å². The fraction of sp³-hybridized carbons (Fsp3) is 0.368. The molecule has 0 saturated carbocycles. The number of thiophene rings is 1. The maximum Gasteiger partial charge on any atom is 0.323 e. The second-order valence-corrected chi connectivity index (χ2v) is 7.15. The van der Waals surface area contributed by atoms with Crippen LogP contribution in [0, 0.1) is 0 Å². The molecule has 0 aliphatic carbocycles. The van der Waals surface area contributed by atoms with Crippen molar-refractivity contribution in [3.63, 3.8) is 0 Å². The summed E-state index contributed by atoms with van der Waals surface area (Å²) in [4.78, 5) is 27.2. The number of hydrogen-bond donors (Lipinski definition) is 1. The zero-order valence-electron chi connectivity index (χ0n) is 14.8. The minimum absolute atomic E-state index is 0.0908. The topological polar surface area (TPSA) is 67.9 Å². The number of carbonyl (C=O) groups is 2. The van der Waals surface area contributed by atoms with Gasteiger partial charge in [0.15, 0.2) is 0 Å². The molecule has 6 nitrogen and oxygen atoms in total. The Balaban J connectivity index is 1.68. The summed E-state index contributed by atoms with van der Waals surface area (Å²) in [5.74, 6) is 0.423. The first kappa shape index (κ1) is 18.4. The number of nitrogens with one attached hydrogen (secondary N) is 1. The molecule has 2 aromatic rings. The van der Waals surface area contributed by atoms with Crippen molar-refractivity contribution in [1.82, 2.24) is 10.2 Å². The summed E-state index contributed by atoms with van der Waals surface area (Å²) in [6.45, 7) is 1.21. The molecule has 1 fully saturated rings. The van der Waals surface area contributed by atoms with Gasteiger partial charge >= 0.3 is 5.97 Å². The van der Waals surface area contributed by atoms with Crippen molar-refractivity contribution in [3.8, 4) is 5.75 Å². The highest BCUT2D eigenvalue weighted by Crippen LogP contribution is 2.23. The second-order valence-electron chi connectivity index (χ2n) is 6.20. The maximum absolute atomic E-state index is 12.3. The lowest BCUT2D eigenvalue weighted by atomic mass is 10.1. The van der Waals surface area contributed by atoms with Crippen LogP contribution >= 0.6 is 11.3 Å². The normalized spacial score (nSPS) is 19.9. The Kier molecular flexibility index (Phi) is 5.90. The van der Waals surface area contributed by atoms with E-state index >= 15 is 0 Å². The molecule has 7 heteroatoms. The highest BCUT2D eigenvalue weighted by Gasteiger charge is 2.38. The van der Waals surface area contributed by atoms with E-state index in [0.717, 1.165) is 11.3 Å². The molecule has 0 bridgehead atoms. The predicted molar refractivity (Wildman–Crippen MR) is 99.4 cm³/mol. The minimum Gasteiger partial charge on any atom is -0.497 e. The fourth-order valence-electron chi connectivity index (χ4n) is 3.19. The van der Waals surface area contributed by atoms with Crippen molar-refractivity contribution in [2.24, 2.45) is 0 Å². The van der Waals surface area contributed by atoms with Crippen LogP contribution in [0.15, 0.2) is 41.8 Å². The summed E-state index contributed by atoms with van der Waals surface area (Å²) in [5.41, 5.74) is 1.07. The van der Waals surface area contributed by atoms with Gasteiger partial charge in [0.1, 0.15) is 11.8 Å². The standard InChI is InChI=1S/C19H22N2O4S/c1-24-15-7-5-13(6-8-15)11-21-12-14(10-16(21)19(23)25-2)20-18(22)17-4-3-9-26-17/h3-9,14,16H,10-12H2,1-2H3,(H,20,22)/t14-,16+/m1/s1. The van der Waals surface area contributed by atoms with Crippen LogP contribution in [0.3, 0.4) is 0 Å². The molecule has 1 aromatic carbocycles. The van der Waals surface area contributed by atoms with Crippen molar-refractivity contribution in [2.45, 2.75) is 25.0 Å². The quantitative estimate of drug-likeness (QED) is 0.786. The van der Waals surface area contributed by atoms with Gasteiger partial charge in [0, 0.05) is 19.1 Å². The van der Waals surface area contributed by atoms with E-state index in [4.69, 9.17) is 9.47 Å². The van der Waals surface area contributed by atoms with E-state index in [1.807, 2.05) is 40.6 Å². The Hall–Kier alpha value is -2.38. The first-order chi connectivity index (χ1) is 12.6. The molecule has 1 aliphatic heterocycles. The van der Waals surface area contributed by atoms with Gasteiger partial charge in [-0.15, -0.1) is 11.3 Å². The minimum atomic E-state index is -0.365. The number of rotatable bonds is 6. The van der Waals surface area contributed by atoms with E-state index < -0.39 is 0 Å². The molecular formula is C19H22N2O4S. The van der Waals surface area contributed by atoms with Gasteiger partial charge in [0.05, 0.1) is 19.1 Å². The Bertz CT molecular complexity index is 745. The van der Waals surface area contributed by atoms with E-state index in [9.17, 15) is 9.59 Å². The summed E-state index contributed by atoms with van der Waals surface area (Å²) in [5, 5.41) is 4.90. The lowest BCUT2D eigenvalue weighted by Gasteiger charge is -2.22. The molecular weight excluding hydrogens is 352 g/mol. The maximum atomic E-state index is 12.3. The molecule has 2 heterocycles. The molecule has 1 N–H and O–H groups in total. The molecule has 3 rings (SSSR count). The number of benzene rings is 1. The lowest BCUT2D eigenvalue weighted by molar-refractivity contribution is -0.146. The van der Waals surface area contributed by atoms with Crippen molar-refractivity contribution < 1.29 is 19.1 Å². The Morgan fingerprint density at radius 1 is 1.23 bits per heavy atom. The van der Waals surface area contributed by atoms with Crippen LogP contribution in [-0.2, 0) is 16.1 Å². The molecule has 2 atom stereocenters. The highest BCUT2D eigenvalue weighted by molar-refractivity contribution is 7.12. The van der Waals surface area contributed by atoms with Crippen LogP contribution in [0.2, 0.25) is 0 Å². The summed E-state index contributed by atoms with van der Waals surface area (Å²) < 4.78 is 10.1.